The van der Waals surface area contributed by atoms with Gasteiger partial charge in [0.15, 0.2) is 0 Å². The highest BCUT2D eigenvalue weighted by molar-refractivity contribution is 5.85. The SMILES string of the molecule is CC(C)C[C@H](C(=O)N(C)[C@H](C=O)CC(C)C)N(C)C=O. The zero-order chi connectivity index (χ0) is 15.9. The first-order valence-corrected chi connectivity index (χ1v) is 7.13. The molecule has 0 fully saturated rings. The first kappa shape index (κ1) is 18.6. The molecule has 0 unspecified atom stereocenters. The Labute approximate surface area is 122 Å². The van der Waals surface area contributed by atoms with Gasteiger partial charge < -0.3 is 14.6 Å². The van der Waals surface area contributed by atoms with Crippen molar-refractivity contribution in [2.45, 2.75) is 52.6 Å². The molecule has 0 aromatic carbocycles. The van der Waals surface area contributed by atoms with Crippen molar-refractivity contribution in [2.24, 2.45) is 11.8 Å². The molecule has 116 valence electrons. The number of carbonyl (C=O) groups excluding carboxylic acids is 3. The average molecular weight is 284 g/mol. The van der Waals surface area contributed by atoms with Crippen molar-refractivity contribution >= 4 is 18.6 Å². The van der Waals surface area contributed by atoms with Crippen LogP contribution >= 0.6 is 0 Å². The molecule has 0 N–H and O–H groups in total. The summed E-state index contributed by atoms with van der Waals surface area (Å²) in [6.45, 7) is 8.03. The second-order valence-electron chi connectivity index (χ2n) is 6.20. The lowest BCUT2D eigenvalue weighted by molar-refractivity contribution is -0.143. The zero-order valence-corrected chi connectivity index (χ0v) is 13.5. The summed E-state index contributed by atoms with van der Waals surface area (Å²) in [5, 5.41) is 0. The standard InChI is InChI=1S/C15H28N2O3/c1-11(2)7-13(9-18)17(6)15(20)14(8-12(3)4)16(5)10-19/h9-14H,7-8H2,1-6H3/t13-,14+/m0/s1. The Kier molecular flexibility index (Phi) is 8.11. The van der Waals surface area contributed by atoms with Crippen LogP contribution in [0.25, 0.3) is 0 Å². The molecule has 0 aliphatic rings. The summed E-state index contributed by atoms with van der Waals surface area (Å²) in [4.78, 5) is 37.5. The highest BCUT2D eigenvalue weighted by Crippen LogP contribution is 2.15. The van der Waals surface area contributed by atoms with Crippen LogP contribution in [0.5, 0.6) is 0 Å². The molecule has 0 saturated carbocycles. The van der Waals surface area contributed by atoms with Crippen LogP contribution < -0.4 is 0 Å². The molecule has 2 atom stereocenters. The Morgan fingerprint density at radius 1 is 1.00 bits per heavy atom. The van der Waals surface area contributed by atoms with Crippen LogP contribution in [0.4, 0.5) is 0 Å². The van der Waals surface area contributed by atoms with Crippen LogP contribution in [0.15, 0.2) is 0 Å². The van der Waals surface area contributed by atoms with Crippen LogP contribution in [0.1, 0.15) is 40.5 Å². The summed E-state index contributed by atoms with van der Waals surface area (Å²) >= 11 is 0. The summed E-state index contributed by atoms with van der Waals surface area (Å²) in [6.07, 6.45) is 2.69. The molecular weight excluding hydrogens is 256 g/mol. The molecule has 0 bridgehead atoms. The Balaban J connectivity index is 5.02. The van der Waals surface area contributed by atoms with Gasteiger partial charge in [0, 0.05) is 14.1 Å². The number of hydrogen-bond donors (Lipinski definition) is 0. The molecule has 2 amide bonds. The van der Waals surface area contributed by atoms with E-state index in [2.05, 4.69) is 0 Å². The molecule has 5 heteroatoms. The second-order valence-corrected chi connectivity index (χ2v) is 6.20. The van der Waals surface area contributed by atoms with Gasteiger partial charge in [-0.1, -0.05) is 27.7 Å². The van der Waals surface area contributed by atoms with E-state index in [1.165, 1.54) is 9.80 Å². The fourth-order valence-corrected chi connectivity index (χ4v) is 2.15. The van der Waals surface area contributed by atoms with E-state index >= 15 is 0 Å². The maximum atomic E-state index is 12.5. The topological polar surface area (TPSA) is 57.7 Å². The maximum Gasteiger partial charge on any atom is 0.245 e. The van der Waals surface area contributed by atoms with Crippen molar-refractivity contribution in [2.75, 3.05) is 14.1 Å². The third-order valence-corrected chi connectivity index (χ3v) is 3.35. The third kappa shape index (κ3) is 5.72. The Morgan fingerprint density at radius 2 is 1.50 bits per heavy atom. The number of rotatable bonds is 9. The summed E-state index contributed by atoms with van der Waals surface area (Å²) in [5.74, 6) is 0.443. The van der Waals surface area contributed by atoms with E-state index in [9.17, 15) is 14.4 Å². The fourth-order valence-electron chi connectivity index (χ4n) is 2.15. The first-order valence-electron chi connectivity index (χ1n) is 7.13. The van der Waals surface area contributed by atoms with E-state index in [0.717, 1.165) is 6.29 Å². The zero-order valence-electron chi connectivity index (χ0n) is 13.5. The largest absolute Gasteiger partial charge is 0.336 e. The second kappa shape index (κ2) is 8.72. The van der Waals surface area contributed by atoms with E-state index < -0.39 is 12.1 Å². The minimum Gasteiger partial charge on any atom is -0.336 e. The molecule has 0 aromatic rings. The van der Waals surface area contributed by atoms with Crippen molar-refractivity contribution < 1.29 is 14.4 Å². The van der Waals surface area contributed by atoms with Gasteiger partial charge in [-0.15, -0.1) is 0 Å². The molecule has 0 radical (unpaired) electrons. The lowest BCUT2D eigenvalue weighted by Gasteiger charge is -2.32. The summed E-state index contributed by atoms with van der Waals surface area (Å²) in [6, 6.07) is -0.940. The highest BCUT2D eigenvalue weighted by Gasteiger charge is 2.30. The molecule has 0 heterocycles. The Morgan fingerprint density at radius 3 is 1.85 bits per heavy atom. The smallest absolute Gasteiger partial charge is 0.245 e. The number of likely N-dealkylation sites (N-methyl/N-ethyl adjacent to an activating group) is 2. The fraction of sp³-hybridized carbons (Fsp3) is 0.800. The van der Waals surface area contributed by atoms with Gasteiger partial charge in [0.1, 0.15) is 12.3 Å². The van der Waals surface area contributed by atoms with Crippen molar-refractivity contribution in [3.05, 3.63) is 0 Å². The predicted molar refractivity (Wildman–Crippen MR) is 79.1 cm³/mol. The van der Waals surface area contributed by atoms with E-state index in [0.29, 0.717) is 31.1 Å². The van der Waals surface area contributed by atoms with E-state index in [1.54, 1.807) is 14.1 Å². The van der Waals surface area contributed by atoms with Crippen molar-refractivity contribution in [1.29, 1.82) is 0 Å². The van der Waals surface area contributed by atoms with Crippen LogP contribution in [0, 0.1) is 11.8 Å². The molecule has 0 rings (SSSR count). The molecular formula is C15H28N2O3. The molecule has 0 saturated heterocycles. The van der Waals surface area contributed by atoms with Crippen molar-refractivity contribution in [1.82, 2.24) is 9.80 Å². The van der Waals surface area contributed by atoms with Crippen LogP contribution in [-0.4, -0.2) is 54.6 Å². The van der Waals surface area contributed by atoms with E-state index in [1.807, 2.05) is 27.7 Å². The summed E-state index contributed by atoms with van der Waals surface area (Å²) < 4.78 is 0. The average Bonchev–Trinajstić information content (AvgIpc) is 2.39. The highest BCUT2D eigenvalue weighted by atomic mass is 16.2. The Hall–Kier alpha value is -1.39. The van der Waals surface area contributed by atoms with Crippen LogP contribution in [-0.2, 0) is 14.4 Å². The third-order valence-electron chi connectivity index (χ3n) is 3.35. The number of carbonyl (C=O) groups is 3. The lowest BCUT2D eigenvalue weighted by Crippen LogP contribution is -2.50. The predicted octanol–water partition coefficient (Wildman–Crippen LogP) is 1.56. The number of aldehydes is 1. The minimum atomic E-state index is -0.507. The van der Waals surface area contributed by atoms with Gasteiger partial charge in [0.05, 0.1) is 6.04 Å². The maximum absolute atomic E-state index is 12.5. The van der Waals surface area contributed by atoms with Gasteiger partial charge in [-0.2, -0.15) is 0 Å². The molecule has 0 aliphatic heterocycles. The van der Waals surface area contributed by atoms with Gasteiger partial charge in [0.25, 0.3) is 0 Å². The first-order chi connectivity index (χ1) is 9.24. The normalized spacial score (nSPS) is 14.0. The van der Waals surface area contributed by atoms with Gasteiger partial charge >= 0.3 is 0 Å². The van der Waals surface area contributed by atoms with Gasteiger partial charge in [-0.25, -0.2) is 0 Å². The van der Waals surface area contributed by atoms with Gasteiger partial charge in [-0.05, 0) is 24.7 Å². The van der Waals surface area contributed by atoms with Crippen LogP contribution in [0.3, 0.4) is 0 Å². The van der Waals surface area contributed by atoms with Crippen LogP contribution in [0.2, 0.25) is 0 Å². The molecule has 5 nitrogen and oxygen atoms in total. The number of nitrogens with zero attached hydrogens (tertiary/aromatic N) is 2. The lowest BCUT2D eigenvalue weighted by atomic mass is 9.99. The number of amides is 2. The molecule has 0 aliphatic carbocycles. The van der Waals surface area contributed by atoms with E-state index in [4.69, 9.17) is 0 Å². The molecule has 20 heavy (non-hydrogen) atoms. The van der Waals surface area contributed by atoms with Crippen molar-refractivity contribution in [3.63, 3.8) is 0 Å². The number of hydrogen-bond acceptors (Lipinski definition) is 3. The van der Waals surface area contributed by atoms with E-state index in [-0.39, 0.29) is 5.91 Å². The molecule has 0 spiro atoms. The summed E-state index contributed by atoms with van der Waals surface area (Å²) in [5.41, 5.74) is 0. The monoisotopic (exact) mass is 284 g/mol. The summed E-state index contributed by atoms with van der Waals surface area (Å²) in [7, 11) is 3.24. The van der Waals surface area contributed by atoms with Crippen molar-refractivity contribution in [3.8, 4) is 0 Å². The molecule has 0 aromatic heterocycles. The quantitative estimate of drug-likeness (QED) is 0.604. The Bertz CT molecular complexity index is 329. The van der Waals surface area contributed by atoms with Gasteiger partial charge in [-0.3, -0.25) is 9.59 Å². The minimum absolute atomic E-state index is 0.175. The van der Waals surface area contributed by atoms with Gasteiger partial charge in [0.2, 0.25) is 12.3 Å².